The molecule has 3 fully saturated rings. The van der Waals surface area contributed by atoms with E-state index in [2.05, 4.69) is 6.92 Å². The fourth-order valence-corrected chi connectivity index (χ4v) is 4.57. The van der Waals surface area contributed by atoms with Crippen LogP contribution in [0.4, 0.5) is 0 Å². The smallest absolute Gasteiger partial charge is 0.309 e. The summed E-state index contributed by atoms with van der Waals surface area (Å²) in [5.41, 5.74) is -0.312. The van der Waals surface area contributed by atoms with E-state index in [1.54, 1.807) is 0 Å². The van der Waals surface area contributed by atoms with Crippen molar-refractivity contribution in [2.24, 2.45) is 29.1 Å². The second-order valence-corrected chi connectivity index (χ2v) is 6.82. The van der Waals surface area contributed by atoms with Crippen molar-refractivity contribution in [3.63, 3.8) is 0 Å². The van der Waals surface area contributed by atoms with Gasteiger partial charge in [0.25, 0.3) is 0 Å². The quantitative estimate of drug-likeness (QED) is 0.730. The van der Waals surface area contributed by atoms with Gasteiger partial charge in [-0.25, -0.2) is 0 Å². The predicted molar refractivity (Wildman–Crippen MR) is 69.5 cm³/mol. The van der Waals surface area contributed by atoms with Gasteiger partial charge in [0, 0.05) is 17.3 Å². The van der Waals surface area contributed by atoms with E-state index in [0.717, 1.165) is 12.8 Å². The van der Waals surface area contributed by atoms with Crippen molar-refractivity contribution in [1.82, 2.24) is 0 Å². The van der Waals surface area contributed by atoms with Crippen LogP contribution < -0.4 is 0 Å². The zero-order chi connectivity index (χ0) is 14.7. The normalized spacial score (nSPS) is 51.0. The molecule has 2 aliphatic heterocycles. The Hall–Kier alpha value is -1.10. The van der Waals surface area contributed by atoms with E-state index in [0.29, 0.717) is 0 Å². The van der Waals surface area contributed by atoms with Crippen molar-refractivity contribution in [3.05, 3.63) is 0 Å². The molecule has 0 unspecified atom stereocenters. The Kier molecular flexibility index (Phi) is 3.08. The minimum Gasteiger partial charge on any atom is -0.461 e. The highest BCUT2D eigenvalue weighted by Gasteiger charge is 2.62. The molecule has 3 rings (SSSR count). The topological polar surface area (TPSA) is 72.8 Å². The molecule has 0 radical (unpaired) electrons. The first-order chi connectivity index (χ1) is 9.40. The average Bonchev–Trinajstić information content (AvgIpc) is 2.69. The van der Waals surface area contributed by atoms with Gasteiger partial charge in [-0.05, 0) is 12.8 Å². The number of carbonyl (C=O) groups excluding carboxylic acids is 2. The first-order valence-corrected chi connectivity index (χ1v) is 7.42. The van der Waals surface area contributed by atoms with Gasteiger partial charge < -0.3 is 14.6 Å². The molecule has 0 aromatic carbocycles. The SMILES string of the molecule is C[C@@H]1C(=O)O[C@H]2[C@H]1CC[C@]1(C)[C@@H]2[C@@H](C)C(=O)O[C@H]1CO. The molecule has 7 atom stereocenters. The fraction of sp³-hybridized carbons (Fsp3) is 0.867. The van der Waals surface area contributed by atoms with Gasteiger partial charge in [0.05, 0.1) is 18.4 Å². The second kappa shape index (κ2) is 4.45. The van der Waals surface area contributed by atoms with E-state index < -0.39 is 6.10 Å². The monoisotopic (exact) mass is 282 g/mol. The summed E-state index contributed by atoms with van der Waals surface area (Å²) in [6.07, 6.45) is 1.02. The molecule has 0 aromatic heterocycles. The van der Waals surface area contributed by atoms with Crippen LogP contribution in [0, 0.1) is 29.1 Å². The van der Waals surface area contributed by atoms with E-state index in [1.165, 1.54) is 0 Å². The van der Waals surface area contributed by atoms with E-state index in [4.69, 9.17) is 9.47 Å². The van der Waals surface area contributed by atoms with Crippen LogP contribution in [0.25, 0.3) is 0 Å². The molecule has 1 aliphatic carbocycles. The zero-order valence-corrected chi connectivity index (χ0v) is 12.2. The summed E-state index contributed by atoms with van der Waals surface area (Å²) in [6.45, 7) is 5.63. The highest BCUT2D eigenvalue weighted by molar-refractivity contribution is 5.77. The fourth-order valence-electron chi connectivity index (χ4n) is 4.57. The highest BCUT2D eigenvalue weighted by Crippen LogP contribution is 2.56. The molecule has 5 nitrogen and oxygen atoms in total. The summed E-state index contributed by atoms with van der Waals surface area (Å²) in [5.74, 6) is -0.712. The van der Waals surface area contributed by atoms with Gasteiger partial charge in [-0.2, -0.15) is 0 Å². The van der Waals surface area contributed by atoms with Gasteiger partial charge in [-0.3, -0.25) is 9.59 Å². The maximum atomic E-state index is 12.0. The molecule has 1 N–H and O–H groups in total. The Morgan fingerprint density at radius 2 is 1.85 bits per heavy atom. The van der Waals surface area contributed by atoms with Crippen LogP contribution in [0.3, 0.4) is 0 Å². The Balaban J connectivity index is 1.99. The molecule has 5 heteroatoms. The summed E-state index contributed by atoms with van der Waals surface area (Å²) in [6, 6.07) is 0. The van der Waals surface area contributed by atoms with Gasteiger partial charge in [0.2, 0.25) is 0 Å². The highest BCUT2D eigenvalue weighted by atomic mass is 16.6. The lowest BCUT2D eigenvalue weighted by Gasteiger charge is -2.54. The zero-order valence-electron chi connectivity index (χ0n) is 12.2. The predicted octanol–water partition coefficient (Wildman–Crippen LogP) is 1.13. The number of aliphatic hydroxyl groups is 1. The first-order valence-electron chi connectivity index (χ1n) is 7.42. The standard InChI is InChI=1S/C15H22O5/c1-7-9-4-5-15(3)10(6-16)19-14(18)8(2)11(15)12(9)20-13(7)17/h7-12,16H,4-6H2,1-3H3/t7-,8+,9-,10-,11+,12-,15-/m0/s1. The molecule has 2 heterocycles. The number of cyclic esters (lactones) is 1. The molecule has 0 amide bonds. The Morgan fingerprint density at radius 1 is 1.20 bits per heavy atom. The van der Waals surface area contributed by atoms with Crippen molar-refractivity contribution < 1.29 is 24.2 Å². The molecule has 1 saturated carbocycles. The average molecular weight is 282 g/mol. The lowest BCUT2D eigenvalue weighted by atomic mass is 9.55. The molecule has 20 heavy (non-hydrogen) atoms. The number of carbonyl (C=O) groups is 2. The number of rotatable bonds is 1. The molecule has 3 aliphatic rings. The lowest BCUT2D eigenvalue weighted by Crippen LogP contribution is -2.60. The van der Waals surface area contributed by atoms with Crippen molar-refractivity contribution in [1.29, 1.82) is 0 Å². The summed E-state index contributed by atoms with van der Waals surface area (Å²) in [4.78, 5) is 23.9. The minimum absolute atomic E-state index is 0.0615. The second-order valence-electron chi connectivity index (χ2n) is 6.82. The number of hydrogen-bond acceptors (Lipinski definition) is 5. The third-order valence-electron chi connectivity index (χ3n) is 5.89. The van der Waals surface area contributed by atoms with Gasteiger partial charge in [0.1, 0.15) is 12.2 Å². The summed E-state index contributed by atoms with van der Waals surface area (Å²) in [7, 11) is 0. The summed E-state index contributed by atoms with van der Waals surface area (Å²) < 4.78 is 11.0. The third kappa shape index (κ3) is 1.65. The lowest BCUT2D eigenvalue weighted by molar-refractivity contribution is -0.212. The van der Waals surface area contributed by atoms with Gasteiger partial charge in [0.15, 0.2) is 0 Å². The number of ether oxygens (including phenoxy) is 2. The summed E-state index contributed by atoms with van der Waals surface area (Å²) in [5, 5.41) is 9.56. The van der Waals surface area contributed by atoms with E-state index in [9.17, 15) is 14.7 Å². The van der Waals surface area contributed by atoms with Crippen LogP contribution >= 0.6 is 0 Å². The van der Waals surface area contributed by atoms with Gasteiger partial charge >= 0.3 is 11.9 Å². The number of fused-ring (bicyclic) bond motifs is 3. The Labute approximate surface area is 118 Å². The van der Waals surface area contributed by atoms with Crippen LogP contribution in [0.1, 0.15) is 33.6 Å². The van der Waals surface area contributed by atoms with Crippen molar-refractivity contribution in [2.45, 2.75) is 45.8 Å². The number of esters is 2. The Bertz CT molecular complexity index is 448. The maximum Gasteiger partial charge on any atom is 0.309 e. The van der Waals surface area contributed by atoms with Gasteiger partial charge in [-0.1, -0.05) is 20.8 Å². The van der Waals surface area contributed by atoms with Crippen LogP contribution in [0.5, 0.6) is 0 Å². The molecule has 2 saturated heterocycles. The van der Waals surface area contributed by atoms with Crippen LogP contribution in [0.15, 0.2) is 0 Å². The third-order valence-corrected chi connectivity index (χ3v) is 5.89. The molecular formula is C15H22O5. The van der Waals surface area contributed by atoms with Gasteiger partial charge in [-0.15, -0.1) is 0 Å². The molecular weight excluding hydrogens is 260 g/mol. The molecule has 0 spiro atoms. The summed E-state index contributed by atoms with van der Waals surface area (Å²) >= 11 is 0. The van der Waals surface area contributed by atoms with Crippen LogP contribution in [-0.4, -0.2) is 35.9 Å². The Morgan fingerprint density at radius 3 is 2.50 bits per heavy atom. The van der Waals surface area contributed by atoms with Crippen molar-refractivity contribution >= 4 is 11.9 Å². The molecule has 0 aromatic rings. The van der Waals surface area contributed by atoms with Crippen molar-refractivity contribution in [2.75, 3.05) is 6.61 Å². The molecule has 0 bridgehead atoms. The minimum atomic E-state index is -0.494. The first kappa shape index (κ1) is 13.9. The van der Waals surface area contributed by atoms with Crippen molar-refractivity contribution in [3.8, 4) is 0 Å². The largest absolute Gasteiger partial charge is 0.461 e. The van der Waals surface area contributed by atoms with E-state index in [1.807, 2.05) is 13.8 Å². The maximum absolute atomic E-state index is 12.0. The van der Waals surface area contributed by atoms with Crippen LogP contribution in [-0.2, 0) is 19.1 Å². The van der Waals surface area contributed by atoms with E-state index >= 15 is 0 Å². The van der Waals surface area contributed by atoms with E-state index in [-0.39, 0.29) is 53.7 Å². The number of hydrogen-bond donors (Lipinski definition) is 1. The number of aliphatic hydroxyl groups excluding tert-OH is 1. The molecule has 112 valence electrons. The van der Waals surface area contributed by atoms with Crippen LogP contribution in [0.2, 0.25) is 0 Å².